The van der Waals surface area contributed by atoms with Crippen molar-refractivity contribution in [2.75, 3.05) is 13.3 Å². The van der Waals surface area contributed by atoms with Gasteiger partial charge in [0.15, 0.2) is 0 Å². The van der Waals surface area contributed by atoms with Gasteiger partial charge in [0.2, 0.25) is 0 Å². The molecule has 0 saturated carbocycles. The zero-order valence-electron chi connectivity index (χ0n) is 4.08. The largest absolute Gasteiger partial charge is 0.374 e. The van der Waals surface area contributed by atoms with Crippen LogP contribution < -0.4 is 11.1 Å². The maximum absolute atomic E-state index is 11.4. The Morgan fingerprint density at radius 1 is 1.86 bits per heavy atom. The highest BCUT2D eigenvalue weighted by atomic mass is 19.1. The van der Waals surface area contributed by atoms with Gasteiger partial charge < -0.3 is 11.1 Å². The van der Waals surface area contributed by atoms with Gasteiger partial charge in [0, 0.05) is 5.70 Å². The molecular formula is C4H9FN2. The van der Waals surface area contributed by atoms with E-state index >= 15 is 0 Å². The lowest BCUT2D eigenvalue weighted by atomic mass is 10.5. The quantitative estimate of drug-likeness (QED) is 0.494. The lowest BCUT2D eigenvalue weighted by Crippen LogP contribution is -2.21. The van der Waals surface area contributed by atoms with Crippen LogP contribution in [0, 0.1) is 0 Å². The fraction of sp³-hybridized carbons (Fsp3) is 0.500. The highest BCUT2D eigenvalue weighted by Gasteiger charge is 1.83. The Balaban J connectivity index is 3.00. The van der Waals surface area contributed by atoms with E-state index in [2.05, 4.69) is 11.9 Å². The molecule has 0 aliphatic heterocycles. The molecule has 0 heterocycles. The molecular weight excluding hydrogens is 95.1 g/mol. The first-order valence-corrected chi connectivity index (χ1v) is 1.99. The molecule has 0 unspecified atom stereocenters. The summed E-state index contributed by atoms with van der Waals surface area (Å²) in [6.07, 6.45) is 0. The maximum atomic E-state index is 11.4. The summed E-state index contributed by atoms with van der Waals surface area (Å²) in [7, 11) is 0. The molecule has 0 radical (unpaired) electrons. The molecule has 0 spiro atoms. The van der Waals surface area contributed by atoms with Crippen LogP contribution in [0.1, 0.15) is 0 Å². The Morgan fingerprint density at radius 3 is 2.57 bits per heavy atom. The Bertz CT molecular complexity index is 62.7. The predicted octanol–water partition coefficient (Wildman–Crippen LogP) is -0.0246. The zero-order valence-corrected chi connectivity index (χ0v) is 4.08. The molecule has 3 heteroatoms. The first-order valence-electron chi connectivity index (χ1n) is 1.99. The van der Waals surface area contributed by atoms with Gasteiger partial charge in [-0.3, -0.25) is 0 Å². The normalized spacial score (nSPS) is 8.29. The van der Waals surface area contributed by atoms with Gasteiger partial charge in [-0.05, 0) is 0 Å². The van der Waals surface area contributed by atoms with Crippen LogP contribution in [0.4, 0.5) is 4.39 Å². The Kier molecular flexibility index (Phi) is 3.32. The molecule has 0 aromatic carbocycles. The number of allylic oxidation sites excluding steroid dienone is 1. The number of hydrogen-bond donors (Lipinski definition) is 2. The van der Waals surface area contributed by atoms with Crippen molar-refractivity contribution in [1.29, 1.82) is 0 Å². The van der Waals surface area contributed by atoms with Crippen LogP contribution in [0.25, 0.3) is 0 Å². The molecule has 0 aliphatic carbocycles. The van der Waals surface area contributed by atoms with Crippen molar-refractivity contribution >= 4 is 0 Å². The third-order valence-electron chi connectivity index (χ3n) is 0.513. The van der Waals surface area contributed by atoms with Gasteiger partial charge >= 0.3 is 0 Å². The molecule has 0 fully saturated rings. The molecule has 0 saturated heterocycles. The van der Waals surface area contributed by atoms with E-state index in [1.54, 1.807) is 0 Å². The zero-order chi connectivity index (χ0) is 5.70. The van der Waals surface area contributed by atoms with Crippen molar-refractivity contribution in [3.8, 4) is 0 Å². The lowest BCUT2D eigenvalue weighted by molar-refractivity contribution is 0.520. The van der Waals surface area contributed by atoms with Crippen molar-refractivity contribution in [1.82, 2.24) is 5.32 Å². The van der Waals surface area contributed by atoms with Gasteiger partial charge in [-0.1, -0.05) is 6.58 Å². The number of alkyl halides is 1. The summed E-state index contributed by atoms with van der Waals surface area (Å²) >= 11 is 0. The van der Waals surface area contributed by atoms with Crippen LogP contribution in [-0.4, -0.2) is 13.3 Å². The average molecular weight is 104 g/mol. The number of nitrogens with two attached hydrogens (primary N) is 1. The third kappa shape index (κ3) is 3.26. The topological polar surface area (TPSA) is 38.0 Å². The minimum atomic E-state index is -0.544. The molecule has 0 atom stereocenters. The van der Waals surface area contributed by atoms with E-state index in [9.17, 15) is 4.39 Å². The number of hydrogen-bond acceptors (Lipinski definition) is 2. The Labute approximate surface area is 42.2 Å². The highest BCUT2D eigenvalue weighted by molar-refractivity contribution is 4.88. The molecule has 42 valence electrons. The monoisotopic (exact) mass is 104 g/mol. The molecule has 0 rings (SSSR count). The van der Waals surface area contributed by atoms with Crippen molar-refractivity contribution in [3.05, 3.63) is 12.3 Å². The molecule has 0 aromatic heterocycles. The van der Waals surface area contributed by atoms with Crippen LogP contribution >= 0.6 is 0 Å². The summed E-state index contributed by atoms with van der Waals surface area (Å²) < 4.78 is 11.4. The van der Waals surface area contributed by atoms with Crippen molar-refractivity contribution in [2.45, 2.75) is 0 Å². The van der Waals surface area contributed by atoms with E-state index < -0.39 is 6.67 Å². The van der Waals surface area contributed by atoms with Gasteiger partial charge in [0.25, 0.3) is 0 Å². The predicted molar refractivity (Wildman–Crippen MR) is 27.3 cm³/mol. The molecule has 2 nitrogen and oxygen atoms in total. The lowest BCUT2D eigenvalue weighted by Gasteiger charge is -1.98. The van der Waals surface area contributed by atoms with Crippen LogP contribution in [-0.2, 0) is 0 Å². The van der Waals surface area contributed by atoms with E-state index in [1.807, 2.05) is 0 Å². The van der Waals surface area contributed by atoms with E-state index in [1.165, 1.54) is 0 Å². The fourth-order valence-corrected chi connectivity index (χ4v) is 0.192. The highest BCUT2D eigenvalue weighted by Crippen LogP contribution is 1.79. The third-order valence-corrected chi connectivity index (χ3v) is 0.513. The molecule has 0 amide bonds. The Hall–Kier alpha value is -0.570. The average Bonchev–Trinajstić information content (AvgIpc) is 1.68. The number of halogens is 1. The SMILES string of the molecule is C=C(CF)NCN. The van der Waals surface area contributed by atoms with Crippen LogP contribution in [0.15, 0.2) is 12.3 Å². The van der Waals surface area contributed by atoms with Gasteiger partial charge in [-0.15, -0.1) is 0 Å². The molecule has 0 aromatic rings. The molecule has 3 N–H and O–H groups in total. The van der Waals surface area contributed by atoms with Gasteiger partial charge in [-0.25, -0.2) is 4.39 Å². The molecule has 0 aliphatic rings. The first kappa shape index (κ1) is 6.43. The fourth-order valence-electron chi connectivity index (χ4n) is 0.192. The van der Waals surface area contributed by atoms with Crippen molar-refractivity contribution < 1.29 is 4.39 Å². The molecule has 0 bridgehead atoms. The van der Waals surface area contributed by atoms with E-state index in [0.717, 1.165) is 0 Å². The van der Waals surface area contributed by atoms with Gasteiger partial charge in [-0.2, -0.15) is 0 Å². The van der Waals surface area contributed by atoms with Crippen LogP contribution in [0.3, 0.4) is 0 Å². The van der Waals surface area contributed by atoms with Crippen molar-refractivity contribution in [3.63, 3.8) is 0 Å². The minimum absolute atomic E-state index is 0.253. The van der Waals surface area contributed by atoms with E-state index in [4.69, 9.17) is 5.73 Å². The number of nitrogens with one attached hydrogen (secondary N) is 1. The molecule has 7 heavy (non-hydrogen) atoms. The van der Waals surface area contributed by atoms with Gasteiger partial charge in [0.05, 0.1) is 6.67 Å². The second-order valence-corrected chi connectivity index (χ2v) is 1.12. The summed E-state index contributed by atoms with van der Waals surface area (Å²) in [5.41, 5.74) is 5.30. The maximum Gasteiger partial charge on any atom is 0.128 e. The minimum Gasteiger partial charge on any atom is -0.374 e. The summed E-state index contributed by atoms with van der Waals surface area (Å²) in [5, 5.41) is 2.50. The standard InChI is InChI=1S/C4H9FN2/c1-4(2-5)7-3-6/h7H,1-3,6H2. The smallest absolute Gasteiger partial charge is 0.128 e. The van der Waals surface area contributed by atoms with E-state index in [-0.39, 0.29) is 6.67 Å². The summed E-state index contributed by atoms with van der Waals surface area (Å²) in [6.45, 7) is 3.01. The van der Waals surface area contributed by atoms with Gasteiger partial charge in [0.1, 0.15) is 6.67 Å². The second kappa shape index (κ2) is 3.61. The summed E-state index contributed by atoms with van der Waals surface area (Å²) in [5.74, 6) is 0. The van der Waals surface area contributed by atoms with Crippen LogP contribution in [0.5, 0.6) is 0 Å². The van der Waals surface area contributed by atoms with Crippen LogP contribution in [0.2, 0.25) is 0 Å². The first-order chi connectivity index (χ1) is 3.31. The Morgan fingerprint density at radius 2 is 2.43 bits per heavy atom. The summed E-state index contributed by atoms with van der Waals surface area (Å²) in [6, 6.07) is 0. The van der Waals surface area contributed by atoms with E-state index in [0.29, 0.717) is 5.70 Å². The second-order valence-electron chi connectivity index (χ2n) is 1.12. The van der Waals surface area contributed by atoms with Crippen molar-refractivity contribution in [2.24, 2.45) is 5.73 Å². The summed E-state index contributed by atoms with van der Waals surface area (Å²) in [4.78, 5) is 0. The number of rotatable bonds is 3.